The summed E-state index contributed by atoms with van der Waals surface area (Å²) >= 11 is 1.71. The van der Waals surface area contributed by atoms with Gasteiger partial charge in [-0.05, 0) is 72.9 Å². The fraction of sp³-hybridized carbons (Fsp3) is 0.450. The van der Waals surface area contributed by atoms with Gasteiger partial charge in [-0.1, -0.05) is 18.6 Å². The summed E-state index contributed by atoms with van der Waals surface area (Å²) in [5, 5.41) is 7.35. The quantitative estimate of drug-likeness (QED) is 0.819. The van der Waals surface area contributed by atoms with Crippen LogP contribution in [0.15, 0.2) is 41.1 Å². The molecule has 1 N–H and O–H groups in total. The number of thiophene rings is 1. The predicted molar refractivity (Wildman–Crippen MR) is 102 cm³/mol. The van der Waals surface area contributed by atoms with Crippen LogP contribution in [0.5, 0.6) is 5.75 Å². The van der Waals surface area contributed by atoms with Crippen molar-refractivity contribution in [2.24, 2.45) is 0 Å². The summed E-state index contributed by atoms with van der Waals surface area (Å²) < 4.78 is 5.59. The number of nitrogens with zero attached hydrogens (tertiary/aromatic N) is 1. The van der Waals surface area contributed by atoms with E-state index in [0.29, 0.717) is 6.54 Å². The van der Waals surface area contributed by atoms with E-state index in [1.165, 1.54) is 24.8 Å². The molecule has 5 heteroatoms. The standard InChI is InChI=1S/C20H26N2O2S/c1-16-6-5-7-18(12-16)24-14-20(23)21-13-19(17-8-11-25-15-17)22-9-3-2-4-10-22/h5-8,11-12,15,19H,2-4,9-10,13-14H2,1H3,(H,21,23). The summed E-state index contributed by atoms with van der Waals surface area (Å²) in [5.74, 6) is 0.666. The van der Waals surface area contributed by atoms with Crippen LogP contribution in [0.3, 0.4) is 0 Å². The van der Waals surface area contributed by atoms with Crippen molar-refractivity contribution in [1.82, 2.24) is 10.2 Å². The maximum atomic E-state index is 12.2. The Morgan fingerprint density at radius 2 is 2.12 bits per heavy atom. The van der Waals surface area contributed by atoms with Gasteiger partial charge in [0.1, 0.15) is 5.75 Å². The Morgan fingerprint density at radius 3 is 2.84 bits per heavy atom. The molecule has 2 heterocycles. The van der Waals surface area contributed by atoms with E-state index >= 15 is 0 Å². The molecule has 0 radical (unpaired) electrons. The van der Waals surface area contributed by atoms with E-state index in [1.54, 1.807) is 11.3 Å². The number of rotatable bonds is 7. The monoisotopic (exact) mass is 358 g/mol. The molecule has 0 bridgehead atoms. The third-order valence-electron chi connectivity index (χ3n) is 4.61. The van der Waals surface area contributed by atoms with Gasteiger partial charge in [0.05, 0.1) is 6.04 Å². The number of carbonyl (C=O) groups is 1. The van der Waals surface area contributed by atoms with Crippen LogP contribution in [0.25, 0.3) is 0 Å². The number of piperidine rings is 1. The molecule has 1 atom stereocenters. The highest BCUT2D eigenvalue weighted by atomic mass is 32.1. The highest BCUT2D eigenvalue weighted by molar-refractivity contribution is 7.07. The first-order valence-electron chi connectivity index (χ1n) is 8.95. The van der Waals surface area contributed by atoms with Crippen molar-refractivity contribution >= 4 is 17.2 Å². The minimum absolute atomic E-state index is 0.0554. The molecule has 1 amide bonds. The minimum Gasteiger partial charge on any atom is -0.484 e. The fourth-order valence-electron chi connectivity index (χ4n) is 3.27. The Bertz CT molecular complexity index is 666. The third-order valence-corrected chi connectivity index (χ3v) is 5.31. The lowest BCUT2D eigenvalue weighted by molar-refractivity contribution is -0.123. The minimum atomic E-state index is -0.0706. The highest BCUT2D eigenvalue weighted by Gasteiger charge is 2.23. The van der Waals surface area contributed by atoms with Gasteiger partial charge in [-0.25, -0.2) is 0 Å². The zero-order valence-electron chi connectivity index (χ0n) is 14.7. The molecule has 1 aliphatic heterocycles. The van der Waals surface area contributed by atoms with Crippen molar-refractivity contribution in [2.75, 3.05) is 26.2 Å². The molecule has 1 aliphatic rings. The molecule has 3 rings (SSSR count). The van der Waals surface area contributed by atoms with Crippen LogP contribution >= 0.6 is 11.3 Å². The van der Waals surface area contributed by atoms with Crippen molar-refractivity contribution in [3.05, 3.63) is 52.2 Å². The van der Waals surface area contributed by atoms with Crippen molar-refractivity contribution in [3.63, 3.8) is 0 Å². The molecule has 25 heavy (non-hydrogen) atoms. The Balaban J connectivity index is 1.52. The summed E-state index contributed by atoms with van der Waals surface area (Å²) in [6, 6.07) is 10.2. The van der Waals surface area contributed by atoms with E-state index in [-0.39, 0.29) is 18.6 Å². The molecule has 1 fully saturated rings. The van der Waals surface area contributed by atoms with E-state index in [2.05, 4.69) is 27.0 Å². The lowest BCUT2D eigenvalue weighted by atomic mass is 10.0. The number of hydrogen-bond donors (Lipinski definition) is 1. The molecule has 134 valence electrons. The normalized spacial score (nSPS) is 16.4. The maximum Gasteiger partial charge on any atom is 0.258 e. The zero-order chi connectivity index (χ0) is 17.5. The van der Waals surface area contributed by atoms with Gasteiger partial charge in [0.15, 0.2) is 6.61 Å². The van der Waals surface area contributed by atoms with Crippen molar-refractivity contribution in [2.45, 2.75) is 32.2 Å². The van der Waals surface area contributed by atoms with Crippen LogP contribution in [0, 0.1) is 6.92 Å². The Labute approximate surface area is 153 Å². The van der Waals surface area contributed by atoms with E-state index in [4.69, 9.17) is 4.74 Å². The number of carbonyl (C=O) groups excluding carboxylic acids is 1. The molecule has 1 saturated heterocycles. The van der Waals surface area contributed by atoms with Crippen molar-refractivity contribution < 1.29 is 9.53 Å². The highest BCUT2D eigenvalue weighted by Crippen LogP contribution is 2.25. The molecular formula is C20H26N2O2S. The molecule has 2 aromatic rings. The van der Waals surface area contributed by atoms with Gasteiger partial charge in [-0.2, -0.15) is 11.3 Å². The van der Waals surface area contributed by atoms with Crippen LogP contribution < -0.4 is 10.1 Å². The average molecular weight is 359 g/mol. The molecule has 0 aliphatic carbocycles. The summed E-state index contributed by atoms with van der Waals surface area (Å²) in [4.78, 5) is 14.7. The van der Waals surface area contributed by atoms with E-state index in [0.717, 1.165) is 24.4 Å². The van der Waals surface area contributed by atoms with Gasteiger partial charge in [0.2, 0.25) is 0 Å². The molecule has 0 spiro atoms. The number of likely N-dealkylation sites (tertiary alicyclic amines) is 1. The summed E-state index contributed by atoms with van der Waals surface area (Å²) in [5.41, 5.74) is 2.42. The SMILES string of the molecule is Cc1cccc(OCC(=O)NCC(c2ccsc2)N2CCCCC2)c1. The number of ether oxygens (including phenoxy) is 1. The zero-order valence-corrected chi connectivity index (χ0v) is 15.6. The number of hydrogen-bond acceptors (Lipinski definition) is 4. The number of benzene rings is 1. The molecule has 0 saturated carbocycles. The van der Waals surface area contributed by atoms with Crippen LogP contribution in [-0.4, -0.2) is 37.0 Å². The molecule has 1 unspecified atom stereocenters. The van der Waals surface area contributed by atoms with Gasteiger partial charge >= 0.3 is 0 Å². The van der Waals surface area contributed by atoms with Gasteiger partial charge in [-0.3, -0.25) is 9.69 Å². The molecule has 1 aromatic heterocycles. The second-order valence-corrected chi connectivity index (χ2v) is 7.36. The Kier molecular flexibility index (Phi) is 6.48. The fourth-order valence-corrected chi connectivity index (χ4v) is 3.98. The average Bonchev–Trinajstić information content (AvgIpc) is 3.15. The van der Waals surface area contributed by atoms with Gasteiger partial charge in [0, 0.05) is 6.54 Å². The summed E-state index contributed by atoms with van der Waals surface area (Å²) in [7, 11) is 0. The first-order chi connectivity index (χ1) is 12.2. The number of nitrogens with one attached hydrogen (secondary N) is 1. The van der Waals surface area contributed by atoms with E-state index in [9.17, 15) is 4.79 Å². The predicted octanol–water partition coefficient (Wildman–Crippen LogP) is 3.78. The topological polar surface area (TPSA) is 41.6 Å². The van der Waals surface area contributed by atoms with Crippen LogP contribution in [0.2, 0.25) is 0 Å². The second-order valence-electron chi connectivity index (χ2n) is 6.58. The first kappa shape index (κ1) is 18.0. The lowest BCUT2D eigenvalue weighted by Crippen LogP contribution is -2.41. The van der Waals surface area contributed by atoms with Gasteiger partial charge in [0.25, 0.3) is 5.91 Å². The van der Waals surface area contributed by atoms with Crippen LogP contribution in [0.1, 0.15) is 36.4 Å². The third kappa shape index (κ3) is 5.31. The maximum absolute atomic E-state index is 12.2. The largest absolute Gasteiger partial charge is 0.484 e. The Hall–Kier alpha value is -1.85. The van der Waals surface area contributed by atoms with Crippen LogP contribution in [0.4, 0.5) is 0 Å². The molecular weight excluding hydrogens is 332 g/mol. The lowest BCUT2D eigenvalue weighted by Gasteiger charge is -2.34. The van der Waals surface area contributed by atoms with Crippen LogP contribution in [-0.2, 0) is 4.79 Å². The van der Waals surface area contributed by atoms with Crippen molar-refractivity contribution in [3.8, 4) is 5.75 Å². The van der Waals surface area contributed by atoms with Gasteiger partial charge < -0.3 is 10.1 Å². The number of aryl methyl sites for hydroxylation is 1. The van der Waals surface area contributed by atoms with E-state index < -0.39 is 0 Å². The van der Waals surface area contributed by atoms with E-state index in [1.807, 2.05) is 31.2 Å². The van der Waals surface area contributed by atoms with Crippen molar-refractivity contribution in [1.29, 1.82) is 0 Å². The number of amides is 1. The second kappa shape index (κ2) is 9.02. The first-order valence-corrected chi connectivity index (χ1v) is 9.89. The summed E-state index contributed by atoms with van der Waals surface area (Å²) in [6.45, 7) is 4.91. The van der Waals surface area contributed by atoms with Gasteiger partial charge in [-0.15, -0.1) is 0 Å². The molecule has 4 nitrogen and oxygen atoms in total. The smallest absolute Gasteiger partial charge is 0.258 e. The molecule has 1 aromatic carbocycles. The summed E-state index contributed by atoms with van der Waals surface area (Å²) in [6.07, 6.45) is 3.79. The Morgan fingerprint density at radius 1 is 1.28 bits per heavy atom.